The highest BCUT2D eigenvalue weighted by atomic mass is 35.5. The van der Waals surface area contributed by atoms with Crippen molar-refractivity contribution >= 4 is 56.5 Å². The molecule has 2 aromatic rings. The number of hydrogen-bond acceptors (Lipinski definition) is 5. The molecule has 0 fully saturated rings. The topological polar surface area (TPSA) is 92.8 Å². The number of anilines is 2. The van der Waals surface area contributed by atoms with Crippen molar-refractivity contribution in [1.29, 1.82) is 0 Å². The summed E-state index contributed by atoms with van der Waals surface area (Å²) in [4.78, 5) is 24.1. The number of sulfonamides is 1. The van der Waals surface area contributed by atoms with Crippen molar-refractivity contribution in [3.8, 4) is 0 Å². The molecule has 7 nitrogen and oxygen atoms in total. The third kappa shape index (κ3) is 3.60. The van der Waals surface area contributed by atoms with E-state index in [0.717, 1.165) is 4.31 Å². The number of hydrogen-bond donors (Lipinski definition) is 1. The summed E-state index contributed by atoms with van der Waals surface area (Å²) in [5.74, 6) is -1.50. The molecular weight excluding hydrogens is 415 g/mol. The van der Waals surface area contributed by atoms with Gasteiger partial charge in [-0.2, -0.15) is 0 Å². The molecule has 10 heteroatoms. The van der Waals surface area contributed by atoms with Crippen LogP contribution in [0.2, 0.25) is 10.0 Å². The number of amides is 1. The second-order valence-corrected chi connectivity index (χ2v) is 8.21. The number of ether oxygens (including phenoxy) is 1. The molecule has 0 aliphatic carbocycles. The highest BCUT2D eigenvalue weighted by molar-refractivity contribution is 7.93. The molecular formula is C17H14Cl2N2O5S. The monoisotopic (exact) mass is 428 g/mol. The van der Waals surface area contributed by atoms with Crippen molar-refractivity contribution in [1.82, 2.24) is 0 Å². The molecule has 1 amide bonds. The Kier molecular flexibility index (Phi) is 5.32. The van der Waals surface area contributed by atoms with Gasteiger partial charge in [0.15, 0.2) is 0 Å². The van der Waals surface area contributed by atoms with Gasteiger partial charge in [-0.1, -0.05) is 42.3 Å². The molecule has 0 bridgehead atoms. The van der Waals surface area contributed by atoms with Gasteiger partial charge in [0, 0.05) is 6.42 Å². The zero-order valence-electron chi connectivity index (χ0n) is 14.0. The van der Waals surface area contributed by atoms with E-state index in [1.165, 1.54) is 31.2 Å². The Balaban J connectivity index is 2.18. The predicted molar refractivity (Wildman–Crippen MR) is 101 cm³/mol. The molecule has 1 N–H and O–H groups in total. The Morgan fingerprint density at radius 1 is 1.19 bits per heavy atom. The van der Waals surface area contributed by atoms with Crippen LogP contribution in [0, 0.1) is 0 Å². The number of nitrogens with zero attached hydrogens (tertiary/aromatic N) is 1. The zero-order chi connectivity index (χ0) is 19.8. The van der Waals surface area contributed by atoms with Crippen molar-refractivity contribution in [3.63, 3.8) is 0 Å². The summed E-state index contributed by atoms with van der Waals surface area (Å²) >= 11 is 11.8. The van der Waals surface area contributed by atoms with E-state index in [0.29, 0.717) is 0 Å². The summed E-state index contributed by atoms with van der Waals surface area (Å²) in [5, 5.41) is 2.76. The third-order valence-electron chi connectivity index (χ3n) is 3.82. The molecule has 27 heavy (non-hydrogen) atoms. The van der Waals surface area contributed by atoms with Gasteiger partial charge in [-0.3, -0.25) is 9.59 Å². The van der Waals surface area contributed by atoms with Crippen molar-refractivity contribution in [3.05, 3.63) is 52.5 Å². The standard InChI is InChI=1S/C17H14Cl2N2O5S/c1-2-15(22)26-17-16(23)20-13-5-3-4-6-14(13)21(17)27(24,25)10-7-8-11(18)12(19)9-10/h3-9,17H,2H2,1H3,(H,20,23). The maximum atomic E-state index is 13.3. The molecule has 0 saturated carbocycles. The Hall–Kier alpha value is -2.29. The van der Waals surface area contributed by atoms with Crippen LogP contribution in [0.1, 0.15) is 13.3 Å². The van der Waals surface area contributed by atoms with E-state index in [1.54, 1.807) is 18.2 Å². The fraction of sp³-hybridized carbons (Fsp3) is 0.176. The second kappa shape index (κ2) is 7.38. The molecule has 0 aromatic heterocycles. The lowest BCUT2D eigenvalue weighted by atomic mass is 10.2. The van der Waals surface area contributed by atoms with Crippen molar-refractivity contribution < 1.29 is 22.7 Å². The van der Waals surface area contributed by atoms with Crippen LogP contribution in [0.15, 0.2) is 47.4 Å². The number of fused-ring (bicyclic) bond motifs is 1. The molecule has 2 aromatic carbocycles. The van der Waals surface area contributed by atoms with E-state index in [2.05, 4.69) is 5.32 Å². The quantitative estimate of drug-likeness (QED) is 0.752. The number of benzene rings is 2. The van der Waals surface area contributed by atoms with Crippen LogP contribution >= 0.6 is 23.2 Å². The summed E-state index contributed by atoms with van der Waals surface area (Å²) in [6, 6.07) is 10.1. The van der Waals surface area contributed by atoms with E-state index in [-0.39, 0.29) is 32.7 Å². The Morgan fingerprint density at radius 2 is 1.89 bits per heavy atom. The number of carbonyl (C=O) groups is 2. The first-order valence-electron chi connectivity index (χ1n) is 7.84. The number of carbonyl (C=O) groups excluding carboxylic acids is 2. The van der Waals surface area contributed by atoms with Crippen LogP contribution in [0.4, 0.5) is 11.4 Å². The summed E-state index contributed by atoms with van der Waals surface area (Å²) in [6.45, 7) is 1.54. The van der Waals surface area contributed by atoms with Gasteiger partial charge >= 0.3 is 5.97 Å². The van der Waals surface area contributed by atoms with Crippen LogP contribution in [0.3, 0.4) is 0 Å². The average Bonchev–Trinajstić information content (AvgIpc) is 2.64. The summed E-state index contributed by atoms with van der Waals surface area (Å²) in [7, 11) is -4.30. The van der Waals surface area contributed by atoms with E-state index < -0.39 is 28.1 Å². The molecule has 3 rings (SSSR count). The minimum Gasteiger partial charge on any atom is -0.431 e. The van der Waals surface area contributed by atoms with Gasteiger partial charge in [-0.25, -0.2) is 12.7 Å². The smallest absolute Gasteiger partial charge is 0.307 e. The molecule has 1 heterocycles. The normalized spacial score (nSPS) is 16.5. The van der Waals surface area contributed by atoms with E-state index in [4.69, 9.17) is 27.9 Å². The molecule has 0 radical (unpaired) electrons. The molecule has 1 aliphatic rings. The van der Waals surface area contributed by atoms with E-state index in [9.17, 15) is 18.0 Å². The van der Waals surface area contributed by atoms with Crippen LogP contribution in [-0.4, -0.2) is 26.5 Å². The average molecular weight is 429 g/mol. The zero-order valence-corrected chi connectivity index (χ0v) is 16.3. The van der Waals surface area contributed by atoms with Gasteiger partial charge in [0.2, 0.25) is 0 Å². The summed E-state index contributed by atoms with van der Waals surface area (Å²) in [5.41, 5.74) is 0.437. The van der Waals surface area contributed by atoms with Crippen LogP contribution in [-0.2, 0) is 24.3 Å². The Morgan fingerprint density at radius 3 is 2.56 bits per heavy atom. The molecule has 1 atom stereocenters. The number of para-hydroxylation sites is 2. The van der Waals surface area contributed by atoms with Crippen molar-refractivity contribution in [2.75, 3.05) is 9.62 Å². The summed E-state index contributed by atoms with van der Waals surface area (Å²) < 4.78 is 32.5. The van der Waals surface area contributed by atoms with Gasteiger partial charge in [-0.05, 0) is 30.3 Å². The number of halogens is 2. The first-order valence-corrected chi connectivity index (χ1v) is 10.0. The number of nitrogens with one attached hydrogen (secondary N) is 1. The first kappa shape index (κ1) is 19.5. The van der Waals surface area contributed by atoms with Crippen LogP contribution in [0.5, 0.6) is 0 Å². The minimum absolute atomic E-state index is 0.0217. The lowest BCUT2D eigenvalue weighted by molar-refractivity contribution is -0.153. The highest BCUT2D eigenvalue weighted by Crippen LogP contribution is 2.37. The van der Waals surface area contributed by atoms with Gasteiger partial charge in [0.25, 0.3) is 22.2 Å². The molecule has 1 aliphatic heterocycles. The Bertz CT molecular complexity index is 1030. The third-order valence-corrected chi connectivity index (χ3v) is 6.31. The largest absolute Gasteiger partial charge is 0.431 e. The molecule has 142 valence electrons. The highest BCUT2D eigenvalue weighted by Gasteiger charge is 2.43. The minimum atomic E-state index is -4.30. The summed E-state index contributed by atoms with van der Waals surface area (Å²) in [6.07, 6.45) is -1.71. The number of esters is 1. The molecule has 0 saturated heterocycles. The maximum absolute atomic E-state index is 13.3. The predicted octanol–water partition coefficient (Wildman–Crippen LogP) is 3.42. The fourth-order valence-corrected chi connectivity index (χ4v) is 4.42. The van der Waals surface area contributed by atoms with Crippen molar-refractivity contribution in [2.24, 2.45) is 0 Å². The second-order valence-electron chi connectivity index (χ2n) is 5.58. The van der Waals surface area contributed by atoms with Crippen molar-refractivity contribution in [2.45, 2.75) is 24.5 Å². The van der Waals surface area contributed by atoms with E-state index >= 15 is 0 Å². The fourth-order valence-electron chi connectivity index (χ4n) is 2.51. The van der Waals surface area contributed by atoms with Gasteiger partial charge < -0.3 is 10.1 Å². The Labute approximate surface area is 165 Å². The molecule has 0 spiro atoms. The van der Waals surface area contributed by atoms with Gasteiger partial charge in [0.05, 0.1) is 26.3 Å². The lowest BCUT2D eigenvalue weighted by Crippen LogP contribution is -2.53. The van der Waals surface area contributed by atoms with E-state index in [1.807, 2.05) is 0 Å². The maximum Gasteiger partial charge on any atom is 0.307 e. The SMILES string of the molecule is CCC(=O)OC1C(=O)Nc2ccccc2N1S(=O)(=O)c1ccc(Cl)c(Cl)c1. The van der Waals surface area contributed by atoms with Gasteiger partial charge in [0.1, 0.15) is 0 Å². The van der Waals surface area contributed by atoms with Crippen LogP contribution < -0.4 is 9.62 Å². The first-order chi connectivity index (χ1) is 12.8. The number of rotatable bonds is 4. The lowest BCUT2D eigenvalue weighted by Gasteiger charge is -2.36. The van der Waals surface area contributed by atoms with Gasteiger partial charge in [-0.15, -0.1) is 0 Å². The molecule has 1 unspecified atom stereocenters. The van der Waals surface area contributed by atoms with Crippen LogP contribution in [0.25, 0.3) is 0 Å².